The molecule has 1 aliphatic carbocycles. The zero-order valence-corrected chi connectivity index (χ0v) is 20.2. The van der Waals surface area contributed by atoms with Crippen LogP contribution in [0.3, 0.4) is 0 Å². The van der Waals surface area contributed by atoms with Gasteiger partial charge in [-0.05, 0) is 50.6 Å². The molecule has 0 bridgehead atoms. The molecule has 1 spiro atoms. The molecule has 8 heteroatoms. The van der Waals surface area contributed by atoms with E-state index in [0.29, 0.717) is 0 Å². The first kappa shape index (κ1) is 22.9. The topological polar surface area (TPSA) is 82.4 Å². The Morgan fingerprint density at radius 2 is 1.82 bits per heavy atom. The fourth-order valence-electron chi connectivity index (χ4n) is 5.67. The number of nitrogens with zero attached hydrogens (tertiary/aromatic N) is 5. The van der Waals surface area contributed by atoms with E-state index in [1.165, 1.54) is 73.0 Å². The largest absolute Gasteiger partial charge is 0.483 e. The van der Waals surface area contributed by atoms with Gasteiger partial charge in [-0.25, -0.2) is 15.0 Å². The fourth-order valence-corrected chi connectivity index (χ4v) is 6.68. The van der Waals surface area contributed by atoms with Gasteiger partial charge in [0.2, 0.25) is 0 Å². The van der Waals surface area contributed by atoms with Crippen LogP contribution in [-0.4, -0.2) is 57.6 Å². The van der Waals surface area contributed by atoms with E-state index in [1.54, 1.807) is 0 Å². The van der Waals surface area contributed by atoms with E-state index < -0.39 is 0 Å². The van der Waals surface area contributed by atoms with Crippen LogP contribution in [0.25, 0.3) is 11.4 Å². The maximum atomic E-state index is 8.36. The highest BCUT2D eigenvalue weighted by atomic mass is 32.1. The van der Waals surface area contributed by atoms with Gasteiger partial charge in [0, 0.05) is 54.4 Å². The van der Waals surface area contributed by atoms with Crippen LogP contribution in [0.15, 0.2) is 42.7 Å². The SMILES string of the molecule is O=CO.c1ccc(-c2ncc3c(n2)C2(CCCN(Cc4cnc(N5CCCC5)s4)C2)CC3)cc1. The number of anilines is 1. The van der Waals surface area contributed by atoms with Crippen LogP contribution in [0.4, 0.5) is 5.13 Å². The third-order valence-electron chi connectivity index (χ3n) is 7.23. The van der Waals surface area contributed by atoms with E-state index in [1.807, 2.05) is 17.4 Å². The highest BCUT2D eigenvalue weighted by molar-refractivity contribution is 7.15. The van der Waals surface area contributed by atoms with Crippen molar-refractivity contribution in [2.45, 2.75) is 50.5 Å². The Hall–Kier alpha value is -2.84. The summed E-state index contributed by atoms with van der Waals surface area (Å²) in [4.78, 5) is 29.4. The van der Waals surface area contributed by atoms with Gasteiger partial charge in [-0.1, -0.05) is 30.3 Å². The molecule has 3 aliphatic rings. The second-order valence-corrected chi connectivity index (χ2v) is 10.5. The Morgan fingerprint density at radius 1 is 1.03 bits per heavy atom. The normalized spacial score (nSPS) is 21.8. The molecule has 7 nitrogen and oxygen atoms in total. The van der Waals surface area contributed by atoms with E-state index in [4.69, 9.17) is 19.9 Å². The minimum Gasteiger partial charge on any atom is -0.483 e. The van der Waals surface area contributed by atoms with Crippen molar-refractivity contribution in [2.75, 3.05) is 31.1 Å². The first-order valence-corrected chi connectivity index (χ1v) is 12.9. The number of benzene rings is 1. The Morgan fingerprint density at radius 3 is 2.62 bits per heavy atom. The lowest BCUT2D eigenvalue weighted by atomic mass is 9.77. The van der Waals surface area contributed by atoms with Gasteiger partial charge in [0.25, 0.3) is 6.47 Å². The molecule has 1 atom stereocenters. The highest BCUT2D eigenvalue weighted by Crippen LogP contribution is 2.44. The van der Waals surface area contributed by atoms with Gasteiger partial charge in [-0.3, -0.25) is 9.69 Å². The van der Waals surface area contributed by atoms with Crippen molar-refractivity contribution in [3.05, 3.63) is 58.9 Å². The van der Waals surface area contributed by atoms with Crippen LogP contribution in [0.2, 0.25) is 0 Å². The number of fused-ring (bicyclic) bond motifs is 2. The molecule has 4 heterocycles. The van der Waals surface area contributed by atoms with E-state index >= 15 is 0 Å². The van der Waals surface area contributed by atoms with E-state index in [0.717, 1.165) is 30.9 Å². The molecule has 2 aromatic heterocycles. The molecule has 0 radical (unpaired) electrons. The van der Waals surface area contributed by atoms with Crippen LogP contribution in [0.5, 0.6) is 0 Å². The first-order valence-electron chi connectivity index (χ1n) is 12.1. The number of hydrogen-bond acceptors (Lipinski definition) is 7. The molecule has 1 aromatic carbocycles. The molecule has 34 heavy (non-hydrogen) atoms. The van der Waals surface area contributed by atoms with Crippen molar-refractivity contribution < 1.29 is 9.90 Å². The average Bonchev–Trinajstić information content (AvgIpc) is 3.62. The number of aryl methyl sites for hydroxylation is 1. The van der Waals surface area contributed by atoms with Crippen molar-refractivity contribution >= 4 is 22.9 Å². The van der Waals surface area contributed by atoms with Crippen molar-refractivity contribution in [1.82, 2.24) is 19.9 Å². The molecular formula is C26H31N5O2S. The maximum Gasteiger partial charge on any atom is 0.290 e. The number of piperidine rings is 1. The molecule has 1 N–H and O–H groups in total. The zero-order valence-electron chi connectivity index (χ0n) is 19.4. The van der Waals surface area contributed by atoms with Crippen molar-refractivity contribution in [1.29, 1.82) is 0 Å². The van der Waals surface area contributed by atoms with Gasteiger partial charge in [0.15, 0.2) is 11.0 Å². The summed E-state index contributed by atoms with van der Waals surface area (Å²) >= 11 is 1.89. The van der Waals surface area contributed by atoms with Crippen molar-refractivity contribution in [3.8, 4) is 11.4 Å². The lowest BCUT2D eigenvalue weighted by molar-refractivity contribution is -0.122. The van der Waals surface area contributed by atoms with E-state index in [2.05, 4.69) is 51.4 Å². The van der Waals surface area contributed by atoms with Crippen molar-refractivity contribution in [3.63, 3.8) is 0 Å². The van der Waals surface area contributed by atoms with Gasteiger partial charge >= 0.3 is 0 Å². The second kappa shape index (κ2) is 10.2. The Balaban J connectivity index is 0.000000764. The summed E-state index contributed by atoms with van der Waals surface area (Å²) in [7, 11) is 0. The van der Waals surface area contributed by atoms with Crippen LogP contribution in [0.1, 0.15) is 48.2 Å². The predicted octanol–water partition coefficient (Wildman–Crippen LogP) is 4.38. The molecule has 2 saturated heterocycles. The first-order chi connectivity index (χ1) is 16.7. The van der Waals surface area contributed by atoms with Crippen molar-refractivity contribution in [2.24, 2.45) is 0 Å². The lowest BCUT2D eigenvalue weighted by Gasteiger charge is -2.40. The predicted molar refractivity (Wildman–Crippen MR) is 134 cm³/mol. The molecule has 1 unspecified atom stereocenters. The highest BCUT2D eigenvalue weighted by Gasteiger charge is 2.43. The third-order valence-corrected chi connectivity index (χ3v) is 8.27. The van der Waals surface area contributed by atoms with Crippen LogP contribution in [-0.2, 0) is 23.2 Å². The number of carboxylic acid groups (broad SMARTS) is 1. The smallest absolute Gasteiger partial charge is 0.290 e. The van der Waals surface area contributed by atoms with Gasteiger partial charge in [0.05, 0.1) is 5.69 Å². The Bertz CT molecular complexity index is 1110. The van der Waals surface area contributed by atoms with E-state index in [-0.39, 0.29) is 11.9 Å². The van der Waals surface area contributed by atoms with Gasteiger partial charge in [-0.2, -0.15) is 0 Å². The van der Waals surface area contributed by atoms with Crippen LogP contribution < -0.4 is 4.90 Å². The number of likely N-dealkylation sites (tertiary alicyclic amines) is 1. The molecular weight excluding hydrogens is 446 g/mol. The van der Waals surface area contributed by atoms with E-state index in [9.17, 15) is 0 Å². The summed E-state index contributed by atoms with van der Waals surface area (Å²) in [6.07, 6.45) is 11.6. The summed E-state index contributed by atoms with van der Waals surface area (Å²) in [6, 6.07) is 10.4. The standard InChI is InChI=1S/C25H29N5S.CH2O2/c1-2-7-19(8-3-1)23-26-15-20-9-11-25(22(20)28-23)10-6-12-29(18-25)17-21-16-27-24(31-21)30-13-4-5-14-30;2-1-3/h1-3,7-8,15-16H,4-6,9-14,17-18H2;1H,(H,2,3). The fraction of sp³-hybridized carbons (Fsp3) is 0.462. The molecule has 0 amide bonds. The monoisotopic (exact) mass is 477 g/mol. The molecule has 2 aliphatic heterocycles. The molecule has 6 rings (SSSR count). The molecule has 3 aromatic rings. The summed E-state index contributed by atoms with van der Waals surface area (Å²) in [6.45, 7) is 5.37. The molecule has 2 fully saturated rings. The number of thiazole rings is 1. The Kier molecular flexibility index (Phi) is 6.87. The second-order valence-electron chi connectivity index (χ2n) is 9.44. The molecule has 178 valence electrons. The molecule has 0 saturated carbocycles. The number of aromatic nitrogens is 3. The van der Waals surface area contributed by atoms with Gasteiger partial charge < -0.3 is 10.0 Å². The van der Waals surface area contributed by atoms with Crippen LogP contribution >= 0.6 is 11.3 Å². The number of hydrogen-bond donors (Lipinski definition) is 1. The average molecular weight is 478 g/mol. The van der Waals surface area contributed by atoms with Gasteiger partial charge in [0.1, 0.15) is 0 Å². The maximum absolute atomic E-state index is 8.36. The minimum atomic E-state index is -0.250. The lowest BCUT2D eigenvalue weighted by Crippen LogP contribution is -2.44. The van der Waals surface area contributed by atoms with Gasteiger partial charge in [-0.15, -0.1) is 11.3 Å². The van der Waals surface area contributed by atoms with Crippen LogP contribution in [0, 0.1) is 0 Å². The quantitative estimate of drug-likeness (QED) is 0.558. The Labute approximate surface area is 204 Å². The summed E-state index contributed by atoms with van der Waals surface area (Å²) < 4.78 is 0. The third kappa shape index (κ3) is 4.70. The minimum absolute atomic E-state index is 0.183. The zero-order chi connectivity index (χ0) is 23.4. The number of rotatable bonds is 4. The summed E-state index contributed by atoms with van der Waals surface area (Å²) in [5, 5.41) is 8.10. The summed E-state index contributed by atoms with van der Waals surface area (Å²) in [5.41, 5.74) is 3.96. The number of carbonyl (C=O) groups is 1. The summed E-state index contributed by atoms with van der Waals surface area (Å²) in [5.74, 6) is 0.871.